The van der Waals surface area contributed by atoms with Gasteiger partial charge in [0, 0.05) is 22.9 Å². The number of alkyl carbamates (subject to hydrolysis) is 1. The van der Waals surface area contributed by atoms with E-state index in [0.29, 0.717) is 6.61 Å². The number of methoxy groups -OCH3 is 1. The lowest BCUT2D eigenvalue weighted by Gasteiger charge is -2.04. The van der Waals surface area contributed by atoms with Crippen molar-refractivity contribution >= 4 is 17.4 Å². The molecular weight excluding hydrogens is 298 g/mol. The van der Waals surface area contributed by atoms with E-state index in [4.69, 9.17) is 9.47 Å². The molecule has 0 bridgehead atoms. The molecule has 1 aromatic carbocycles. The monoisotopic (exact) mass is 315 g/mol. The van der Waals surface area contributed by atoms with Gasteiger partial charge in [-0.05, 0) is 11.6 Å². The number of carbonyl (C=O) groups is 1. The average molecular weight is 315 g/mol. The lowest BCUT2D eigenvalue weighted by atomic mass is 10.2. The summed E-state index contributed by atoms with van der Waals surface area (Å²) in [6, 6.07) is 11.5. The van der Waals surface area contributed by atoms with Gasteiger partial charge in [-0.3, -0.25) is 0 Å². The van der Waals surface area contributed by atoms with Crippen molar-refractivity contribution in [1.29, 1.82) is 0 Å². The number of thiophene rings is 1. The fourth-order valence-corrected chi connectivity index (χ4v) is 2.49. The molecule has 1 aromatic heterocycles. The van der Waals surface area contributed by atoms with Gasteiger partial charge >= 0.3 is 6.09 Å². The largest absolute Gasteiger partial charge is 0.445 e. The van der Waals surface area contributed by atoms with Crippen LogP contribution >= 0.6 is 11.3 Å². The molecule has 0 saturated heterocycles. The van der Waals surface area contributed by atoms with E-state index >= 15 is 0 Å². The Morgan fingerprint density at radius 1 is 1.27 bits per heavy atom. The molecule has 0 spiro atoms. The van der Waals surface area contributed by atoms with Gasteiger partial charge in [-0.1, -0.05) is 42.2 Å². The molecule has 0 saturated carbocycles. The number of ether oxygens (including phenoxy) is 2. The number of hydrogen-bond donors (Lipinski definition) is 1. The summed E-state index contributed by atoms with van der Waals surface area (Å²) >= 11 is 1.60. The summed E-state index contributed by atoms with van der Waals surface area (Å²) in [4.78, 5) is 12.6. The predicted octanol–water partition coefficient (Wildman–Crippen LogP) is 3.17. The second kappa shape index (κ2) is 8.88. The van der Waals surface area contributed by atoms with Gasteiger partial charge in [0.2, 0.25) is 0 Å². The standard InChI is InChI=1S/C17H17NO3S/c1-20-12-16-10-15(13-22-16)8-5-9-18-17(19)21-11-14-6-3-2-4-7-14/h2-4,6-7,10,13H,9,11-12H2,1H3,(H,18,19). The molecule has 0 aliphatic heterocycles. The van der Waals surface area contributed by atoms with Crippen molar-refractivity contribution in [2.75, 3.05) is 13.7 Å². The molecular formula is C17H17NO3S. The van der Waals surface area contributed by atoms with Crippen LogP contribution in [0.15, 0.2) is 41.8 Å². The second-order valence-electron chi connectivity index (χ2n) is 4.45. The summed E-state index contributed by atoms with van der Waals surface area (Å²) in [6.45, 7) is 1.10. The molecule has 22 heavy (non-hydrogen) atoms. The molecule has 1 amide bonds. The Labute approximate surface area is 134 Å². The smallest absolute Gasteiger partial charge is 0.408 e. The lowest BCUT2D eigenvalue weighted by molar-refractivity contribution is 0.141. The van der Waals surface area contributed by atoms with Crippen LogP contribution in [0.3, 0.4) is 0 Å². The van der Waals surface area contributed by atoms with E-state index in [1.165, 1.54) is 0 Å². The van der Waals surface area contributed by atoms with Crippen LogP contribution in [-0.4, -0.2) is 19.7 Å². The Morgan fingerprint density at radius 2 is 2.09 bits per heavy atom. The third kappa shape index (κ3) is 5.60. The summed E-state index contributed by atoms with van der Waals surface area (Å²) in [5.74, 6) is 5.88. The zero-order valence-electron chi connectivity index (χ0n) is 12.3. The van der Waals surface area contributed by atoms with Crippen molar-refractivity contribution in [2.45, 2.75) is 13.2 Å². The van der Waals surface area contributed by atoms with Crippen molar-refractivity contribution in [2.24, 2.45) is 0 Å². The Balaban J connectivity index is 1.69. The van der Waals surface area contributed by atoms with Crippen LogP contribution in [0.5, 0.6) is 0 Å². The van der Waals surface area contributed by atoms with Gasteiger partial charge in [0.15, 0.2) is 0 Å². The van der Waals surface area contributed by atoms with Crippen molar-refractivity contribution in [1.82, 2.24) is 5.32 Å². The van der Waals surface area contributed by atoms with Crippen LogP contribution in [0.25, 0.3) is 0 Å². The number of amides is 1. The van der Waals surface area contributed by atoms with E-state index in [1.807, 2.05) is 41.8 Å². The van der Waals surface area contributed by atoms with Gasteiger partial charge in [-0.2, -0.15) is 0 Å². The molecule has 5 heteroatoms. The van der Waals surface area contributed by atoms with Crippen LogP contribution < -0.4 is 5.32 Å². The van der Waals surface area contributed by atoms with Crippen molar-refractivity contribution in [3.05, 3.63) is 57.8 Å². The quantitative estimate of drug-likeness (QED) is 0.862. The molecule has 1 N–H and O–H groups in total. The highest BCUT2D eigenvalue weighted by Gasteiger charge is 2.00. The van der Waals surface area contributed by atoms with E-state index in [0.717, 1.165) is 16.0 Å². The van der Waals surface area contributed by atoms with Crippen LogP contribution in [0.4, 0.5) is 4.79 Å². The van der Waals surface area contributed by atoms with Gasteiger partial charge in [-0.25, -0.2) is 4.79 Å². The third-order valence-electron chi connectivity index (χ3n) is 2.71. The highest BCUT2D eigenvalue weighted by molar-refractivity contribution is 7.10. The molecule has 0 atom stereocenters. The molecule has 0 aliphatic carbocycles. The predicted molar refractivity (Wildman–Crippen MR) is 86.5 cm³/mol. The lowest BCUT2D eigenvalue weighted by Crippen LogP contribution is -2.24. The number of rotatable bonds is 5. The van der Waals surface area contributed by atoms with Crippen LogP contribution in [-0.2, 0) is 22.7 Å². The summed E-state index contributed by atoms with van der Waals surface area (Å²) in [6.07, 6.45) is -0.469. The highest BCUT2D eigenvalue weighted by Crippen LogP contribution is 2.14. The maximum absolute atomic E-state index is 11.5. The van der Waals surface area contributed by atoms with Gasteiger partial charge in [0.05, 0.1) is 13.2 Å². The summed E-state index contributed by atoms with van der Waals surface area (Å²) in [7, 11) is 1.66. The first-order valence-corrected chi connectivity index (χ1v) is 7.65. The zero-order chi connectivity index (χ0) is 15.6. The first-order chi connectivity index (χ1) is 10.8. The molecule has 0 aliphatic rings. The fourth-order valence-electron chi connectivity index (χ4n) is 1.70. The molecule has 2 aromatic rings. The van der Waals surface area contributed by atoms with E-state index in [9.17, 15) is 4.79 Å². The minimum Gasteiger partial charge on any atom is -0.445 e. The first-order valence-electron chi connectivity index (χ1n) is 6.77. The summed E-state index contributed by atoms with van der Waals surface area (Å²) in [5, 5.41) is 4.57. The van der Waals surface area contributed by atoms with Crippen molar-refractivity contribution < 1.29 is 14.3 Å². The van der Waals surface area contributed by atoms with Gasteiger partial charge in [0.1, 0.15) is 6.61 Å². The van der Waals surface area contributed by atoms with Gasteiger partial charge < -0.3 is 14.8 Å². The van der Waals surface area contributed by atoms with E-state index in [2.05, 4.69) is 17.2 Å². The molecule has 0 unspecified atom stereocenters. The Bertz CT molecular complexity index is 655. The minimum atomic E-state index is -0.469. The molecule has 1 heterocycles. The number of nitrogens with one attached hydrogen (secondary N) is 1. The van der Waals surface area contributed by atoms with Crippen molar-refractivity contribution in [3.8, 4) is 11.8 Å². The molecule has 2 rings (SSSR count). The SMILES string of the molecule is COCc1cc(C#CCNC(=O)OCc2ccccc2)cs1. The second-order valence-corrected chi connectivity index (χ2v) is 5.45. The van der Waals surface area contributed by atoms with Gasteiger partial charge in [-0.15, -0.1) is 11.3 Å². The highest BCUT2D eigenvalue weighted by atomic mass is 32.1. The van der Waals surface area contributed by atoms with E-state index in [1.54, 1.807) is 18.4 Å². The zero-order valence-corrected chi connectivity index (χ0v) is 13.1. The fraction of sp³-hybridized carbons (Fsp3) is 0.235. The normalized spacial score (nSPS) is 9.68. The first kappa shape index (κ1) is 16.1. The molecule has 4 nitrogen and oxygen atoms in total. The average Bonchev–Trinajstić information content (AvgIpc) is 2.98. The van der Waals surface area contributed by atoms with Gasteiger partial charge in [0.25, 0.3) is 0 Å². The van der Waals surface area contributed by atoms with Crippen molar-refractivity contribution in [3.63, 3.8) is 0 Å². The maximum Gasteiger partial charge on any atom is 0.408 e. The topological polar surface area (TPSA) is 47.6 Å². The summed E-state index contributed by atoms with van der Waals surface area (Å²) < 4.78 is 10.1. The number of carbonyl (C=O) groups excluding carboxylic acids is 1. The maximum atomic E-state index is 11.5. The Kier molecular flexibility index (Phi) is 6.49. The van der Waals surface area contributed by atoms with Crippen LogP contribution in [0.2, 0.25) is 0 Å². The minimum absolute atomic E-state index is 0.253. The van der Waals surface area contributed by atoms with Crippen LogP contribution in [0, 0.1) is 11.8 Å². The molecule has 0 fully saturated rings. The van der Waals surface area contributed by atoms with E-state index in [-0.39, 0.29) is 13.2 Å². The van der Waals surface area contributed by atoms with E-state index < -0.39 is 6.09 Å². The third-order valence-corrected chi connectivity index (χ3v) is 3.62. The van der Waals surface area contributed by atoms with Crippen LogP contribution in [0.1, 0.15) is 16.0 Å². The Hall–Kier alpha value is -2.29. The number of benzene rings is 1. The number of hydrogen-bond acceptors (Lipinski definition) is 4. The molecule has 114 valence electrons. The summed E-state index contributed by atoms with van der Waals surface area (Å²) in [5.41, 5.74) is 1.88. The Morgan fingerprint density at radius 3 is 2.86 bits per heavy atom. The molecule has 0 radical (unpaired) electrons.